The molecule has 1 rings (SSSR count). The van der Waals surface area contributed by atoms with E-state index >= 15 is 0 Å². The maximum absolute atomic E-state index is 12.7. The molecule has 21 heavy (non-hydrogen) atoms. The van der Waals surface area contributed by atoms with E-state index in [1.165, 1.54) is 6.92 Å². The van der Waals surface area contributed by atoms with Gasteiger partial charge in [0.1, 0.15) is 6.04 Å². The summed E-state index contributed by atoms with van der Waals surface area (Å²) in [7, 11) is -4.41. The highest BCUT2D eigenvalue weighted by atomic mass is 35.5. The van der Waals surface area contributed by atoms with Crippen LogP contribution in [-0.4, -0.2) is 25.5 Å². The number of hydrogen-bond donors (Lipinski definition) is 2. The number of carboxylic acid groups (broad SMARTS) is 1. The number of rotatable bonds is 5. The Hall–Kier alpha value is -1.32. The van der Waals surface area contributed by atoms with Crippen molar-refractivity contribution in [3.8, 4) is 0 Å². The fraction of sp³-hybridized carbons (Fsp3) is 0.364. The summed E-state index contributed by atoms with van der Waals surface area (Å²) in [6.07, 6.45) is -4.88. The van der Waals surface area contributed by atoms with Gasteiger partial charge in [-0.05, 0) is 24.6 Å². The number of benzene rings is 1. The first kappa shape index (κ1) is 17.7. The lowest BCUT2D eigenvalue weighted by Crippen LogP contribution is -2.40. The van der Waals surface area contributed by atoms with Crippen LogP contribution in [0.15, 0.2) is 23.1 Å². The van der Waals surface area contributed by atoms with Gasteiger partial charge in [0, 0.05) is 0 Å². The quantitative estimate of drug-likeness (QED) is 0.859. The number of carboxylic acids is 1. The van der Waals surface area contributed by atoms with Gasteiger partial charge in [-0.1, -0.05) is 18.5 Å². The normalized spacial score (nSPS) is 14.0. The lowest BCUT2D eigenvalue weighted by atomic mass is 10.2. The van der Waals surface area contributed by atoms with E-state index in [2.05, 4.69) is 0 Å². The molecular weight excluding hydrogens is 335 g/mol. The van der Waals surface area contributed by atoms with Crippen LogP contribution in [0.3, 0.4) is 0 Å². The van der Waals surface area contributed by atoms with Crippen LogP contribution in [0.2, 0.25) is 5.02 Å². The minimum absolute atomic E-state index is 0.0612. The van der Waals surface area contributed by atoms with Gasteiger partial charge in [-0.25, -0.2) is 8.42 Å². The summed E-state index contributed by atoms with van der Waals surface area (Å²) in [6, 6.07) is 0.592. The average Bonchev–Trinajstić information content (AvgIpc) is 2.34. The van der Waals surface area contributed by atoms with Crippen LogP contribution < -0.4 is 4.72 Å². The zero-order valence-electron chi connectivity index (χ0n) is 10.6. The monoisotopic (exact) mass is 345 g/mol. The van der Waals surface area contributed by atoms with Crippen molar-refractivity contribution in [2.75, 3.05) is 0 Å². The number of hydrogen-bond acceptors (Lipinski definition) is 3. The first-order valence-electron chi connectivity index (χ1n) is 5.61. The number of sulfonamides is 1. The fourth-order valence-electron chi connectivity index (χ4n) is 1.45. The molecule has 0 radical (unpaired) electrons. The van der Waals surface area contributed by atoms with Gasteiger partial charge in [0.2, 0.25) is 10.0 Å². The molecule has 0 aliphatic rings. The third-order valence-corrected chi connectivity index (χ3v) is 4.36. The molecule has 118 valence electrons. The molecule has 2 N–H and O–H groups in total. The van der Waals surface area contributed by atoms with Crippen LogP contribution in [0, 0.1) is 0 Å². The van der Waals surface area contributed by atoms with Crippen molar-refractivity contribution < 1.29 is 31.5 Å². The highest BCUT2D eigenvalue weighted by Gasteiger charge is 2.35. The van der Waals surface area contributed by atoms with Crippen molar-refractivity contribution in [1.29, 1.82) is 0 Å². The molecule has 1 aromatic rings. The second kappa shape index (κ2) is 6.20. The van der Waals surface area contributed by atoms with E-state index in [0.29, 0.717) is 6.07 Å². The Balaban J connectivity index is 3.24. The van der Waals surface area contributed by atoms with Gasteiger partial charge in [-0.15, -0.1) is 0 Å². The molecule has 0 aliphatic heterocycles. The predicted molar refractivity (Wildman–Crippen MR) is 68.5 cm³/mol. The maximum Gasteiger partial charge on any atom is 0.417 e. The molecule has 0 aliphatic carbocycles. The van der Waals surface area contributed by atoms with E-state index in [1.54, 1.807) is 0 Å². The van der Waals surface area contributed by atoms with Crippen LogP contribution in [0.25, 0.3) is 0 Å². The standard InChI is InChI=1S/C11H11ClF3NO4S/c1-2-9(10(17)18)16-21(19,20)6-3-4-8(12)7(5-6)11(13,14)15/h3-5,9,16H,2H2,1H3,(H,17,18). The fourth-order valence-corrected chi connectivity index (χ4v) is 2.98. The largest absolute Gasteiger partial charge is 0.480 e. The average molecular weight is 346 g/mol. The van der Waals surface area contributed by atoms with Gasteiger partial charge in [0.15, 0.2) is 0 Å². The summed E-state index contributed by atoms with van der Waals surface area (Å²) >= 11 is 5.39. The molecule has 0 saturated carbocycles. The van der Waals surface area contributed by atoms with Crippen molar-refractivity contribution in [1.82, 2.24) is 4.72 Å². The zero-order chi connectivity index (χ0) is 16.4. The van der Waals surface area contributed by atoms with Gasteiger partial charge in [-0.3, -0.25) is 4.79 Å². The summed E-state index contributed by atoms with van der Waals surface area (Å²) in [5.74, 6) is -1.42. The van der Waals surface area contributed by atoms with E-state index in [-0.39, 0.29) is 6.42 Å². The number of nitrogens with one attached hydrogen (secondary N) is 1. The molecule has 0 bridgehead atoms. The smallest absolute Gasteiger partial charge is 0.417 e. The summed E-state index contributed by atoms with van der Waals surface area (Å²) in [4.78, 5) is 10.1. The van der Waals surface area contributed by atoms with Crippen LogP contribution >= 0.6 is 11.6 Å². The molecule has 1 unspecified atom stereocenters. The van der Waals surface area contributed by atoms with Crippen LogP contribution in [0.5, 0.6) is 0 Å². The SMILES string of the molecule is CCC(NS(=O)(=O)c1ccc(Cl)c(C(F)(F)F)c1)C(=O)O. The number of aliphatic carboxylic acids is 1. The van der Waals surface area contributed by atoms with Crippen LogP contribution in [0.1, 0.15) is 18.9 Å². The number of alkyl halides is 3. The summed E-state index contributed by atoms with van der Waals surface area (Å²) in [6.45, 7) is 1.42. The second-order valence-electron chi connectivity index (χ2n) is 4.06. The van der Waals surface area contributed by atoms with Crippen molar-refractivity contribution >= 4 is 27.6 Å². The molecule has 0 spiro atoms. The van der Waals surface area contributed by atoms with Crippen molar-refractivity contribution in [2.45, 2.75) is 30.5 Å². The maximum atomic E-state index is 12.7. The topological polar surface area (TPSA) is 83.5 Å². The van der Waals surface area contributed by atoms with Crippen LogP contribution in [0.4, 0.5) is 13.2 Å². The van der Waals surface area contributed by atoms with Gasteiger partial charge in [-0.2, -0.15) is 17.9 Å². The molecule has 10 heteroatoms. The summed E-state index contributed by atoms with van der Waals surface area (Å²) in [5, 5.41) is 8.14. The lowest BCUT2D eigenvalue weighted by molar-refractivity contribution is -0.139. The minimum atomic E-state index is -4.82. The molecule has 0 aromatic heterocycles. The molecule has 0 amide bonds. The first-order chi connectivity index (χ1) is 9.49. The van der Waals surface area contributed by atoms with E-state index in [4.69, 9.17) is 16.7 Å². The Morgan fingerprint density at radius 2 is 2.00 bits per heavy atom. The second-order valence-corrected chi connectivity index (χ2v) is 6.18. The van der Waals surface area contributed by atoms with Crippen molar-refractivity contribution in [3.63, 3.8) is 0 Å². The van der Waals surface area contributed by atoms with Gasteiger partial charge >= 0.3 is 12.1 Å². The minimum Gasteiger partial charge on any atom is -0.480 e. The lowest BCUT2D eigenvalue weighted by Gasteiger charge is -2.15. The van der Waals surface area contributed by atoms with E-state index in [9.17, 15) is 26.4 Å². The van der Waals surface area contributed by atoms with Crippen LogP contribution in [-0.2, 0) is 21.0 Å². The van der Waals surface area contributed by atoms with Crippen molar-refractivity contribution in [2.24, 2.45) is 0 Å². The highest BCUT2D eigenvalue weighted by Crippen LogP contribution is 2.35. The third kappa shape index (κ3) is 4.32. The molecule has 0 heterocycles. The molecule has 0 saturated heterocycles. The third-order valence-electron chi connectivity index (χ3n) is 2.56. The first-order valence-corrected chi connectivity index (χ1v) is 7.47. The molecule has 1 atom stereocenters. The summed E-state index contributed by atoms with van der Waals surface area (Å²) < 4.78 is 63.7. The van der Waals surface area contributed by atoms with E-state index in [0.717, 1.165) is 12.1 Å². The van der Waals surface area contributed by atoms with Gasteiger partial charge in [0.25, 0.3) is 0 Å². The van der Waals surface area contributed by atoms with E-state index in [1.807, 2.05) is 4.72 Å². The summed E-state index contributed by atoms with van der Waals surface area (Å²) in [5.41, 5.74) is -1.31. The predicted octanol–water partition coefficient (Wildman–Crippen LogP) is 2.50. The number of carbonyl (C=O) groups is 1. The van der Waals surface area contributed by atoms with Gasteiger partial charge in [0.05, 0.1) is 15.5 Å². The zero-order valence-corrected chi connectivity index (χ0v) is 12.2. The Morgan fingerprint density at radius 1 is 1.43 bits per heavy atom. The Kier molecular flexibility index (Phi) is 5.24. The molecule has 5 nitrogen and oxygen atoms in total. The Bertz CT molecular complexity index is 645. The Labute approximate surface area is 123 Å². The number of halogens is 4. The molecule has 0 fully saturated rings. The van der Waals surface area contributed by atoms with E-state index < -0.39 is 43.7 Å². The van der Waals surface area contributed by atoms with Gasteiger partial charge < -0.3 is 5.11 Å². The Morgan fingerprint density at radius 3 is 2.43 bits per heavy atom. The van der Waals surface area contributed by atoms with Crippen molar-refractivity contribution in [3.05, 3.63) is 28.8 Å². The molecular formula is C11H11ClF3NO4S. The molecule has 1 aromatic carbocycles. The highest BCUT2D eigenvalue weighted by molar-refractivity contribution is 7.89.